The maximum Gasteiger partial charge on any atom is 0.305 e. The van der Waals surface area contributed by atoms with Crippen LogP contribution in [0.3, 0.4) is 0 Å². The third-order valence-corrected chi connectivity index (χ3v) is 2.04. The summed E-state index contributed by atoms with van der Waals surface area (Å²) in [6.07, 6.45) is 4.41. The fourth-order valence-corrected chi connectivity index (χ4v) is 1.18. The van der Waals surface area contributed by atoms with Crippen LogP contribution in [0.4, 0.5) is 0 Å². The minimum Gasteiger partial charge on any atom is -0.466 e. The van der Waals surface area contributed by atoms with Gasteiger partial charge in [-0.25, -0.2) is 0 Å². The molecule has 0 N–H and O–H groups in total. The molecule has 0 bridgehead atoms. The van der Waals surface area contributed by atoms with Crippen LogP contribution in [0.1, 0.15) is 52.4 Å². The first kappa shape index (κ1) is 13.1. The van der Waals surface area contributed by atoms with Crippen molar-refractivity contribution in [2.45, 2.75) is 52.4 Å². The zero-order chi connectivity index (χ0) is 10.8. The zero-order valence-electron chi connectivity index (χ0n) is 9.17. The Labute approximate surface area is 85.8 Å². The number of carbonyl (C=O) groups excluding carboxylic acids is 2. The fraction of sp³-hybridized carbons (Fsp3) is 0.818. The maximum absolute atomic E-state index is 10.9. The number of ketones is 1. The van der Waals surface area contributed by atoms with Crippen LogP contribution < -0.4 is 0 Å². The molecule has 0 heterocycles. The topological polar surface area (TPSA) is 43.4 Å². The van der Waals surface area contributed by atoms with Gasteiger partial charge >= 0.3 is 5.97 Å². The Balaban J connectivity index is 3.21. The van der Waals surface area contributed by atoms with Crippen molar-refractivity contribution in [3.63, 3.8) is 0 Å². The smallest absolute Gasteiger partial charge is 0.305 e. The van der Waals surface area contributed by atoms with E-state index in [9.17, 15) is 9.59 Å². The second-order valence-corrected chi connectivity index (χ2v) is 3.26. The molecule has 0 atom stereocenters. The van der Waals surface area contributed by atoms with E-state index in [-0.39, 0.29) is 5.97 Å². The van der Waals surface area contributed by atoms with Gasteiger partial charge in [-0.05, 0) is 19.8 Å². The quantitative estimate of drug-likeness (QED) is 0.446. The highest BCUT2D eigenvalue weighted by Crippen LogP contribution is 2.05. The minimum absolute atomic E-state index is 0.130. The lowest BCUT2D eigenvalue weighted by atomic mass is 10.1. The van der Waals surface area contributed by atoms with E-state index in [1.807, 2.05) is 6.92 Å². The molecular weight excluding hydrogens is 180 g/mol. The van der Waals surface area contributed by atoms with Crippen LogP contribution in [-0.4, -0.2) is 18.4 Å². The molecule has 82 valence electrons. The molecule has 0 saturated carbocycles. The van der Waals surface area contributed by atoms with Gasteiger partial charge in [-0.15, -0.1) is 0 Å². The Morgan fingerprint density at radius 3 is 2.21 bits per heavy atom. The molecule has 0 aromatic heterocycles. The van der Waals surface area contributed by atoms with E-state index in [4.69, 9.17) is 4.74 Å². The van der Waals surface area contributed by atoms with E-state index in [2.05, 4.69) is 0 Å². The first-order valence-corrected chi connectivity index (χ1v) is 5.38. The molecule has 0 fully saturated rings. The molecule has 0 radical (unpaired) electrons. The summed E-state index contributed by atoms with van der Waals surface area (Å²) in [4.78, 5) is 21.8. The molecule has 0 amide bonds. The molecule has 0 unspecified atom stereocenters. The first-order valence-electron chi connectivity index (χ1n) is 5.38. The van der Waals surface area contributed by atoms with Crippen LogP contribution in [0.5, 0.6) is 0 Å². The predicted octanol–water partition coefficient (Wildman–Crippen LogP) is 2.48. The molecule has 0 aliphatic rings. The van der Waals surface area contributed by atoms with Gasteiger partial charge in [0.2, 0.25) is 0 Å². The Kier molecular flexibility index (Phi) is 8.19. The summed E-state index contributed by atoms with van der Waals surface area (Å²) >= 11 is 0. The summed E-state index contributed by atoms with van der Waals surface area (Å²) in [6, 6.07) is 0. The summed E-state index contributed by atoms with van der Waals surface area (Å²) in [5.74, 6) is 0.176. The van der Waals surface area contributed by atoms with Crippen molar-refractivity contribution < 1.29 is 14.3 Å². The molecule has 0 spiro atoms. The molecule has 0 aromatic carbocycles. The predicted molar refractivity (Wildman–Crippen MR) is 55.0 cm³/mol. The van der Waals surface area contributed by atoms with Gasteiger partial charge in [0.15, 0.2) is 0 Å². The summed E-state index contributed by atoms with van der Waals surface area (Å²) in [6.45, 7) is 4.13. The van der Waals surface area contributed by atoms with Crippen LogP contribution >= 0.6 is 0 Å². The molecule has 3 heteroatoms. The average molecular weight is 200 g/mol. The van der Waals surface area contributed by atoms with Crippen molar-refractivity contribution in [1.82, 2.24) is 0 Å². The summed E-state index contributed by atoms with van der Waals surface area (Å²) in [5, 5.41) is 0. The van der Waals surface area contributed by atoms with Gasteiger partial charge < -0.3 is 4.74 Å². The number of hydrogen-bond acceptors (Lipinski definition) is 3. The number of Topliss-reactive ketones (excluding diaryl/α,β-unsaturated/α-hetero) is 1. The van der Waals surface area contributed by atoms with E-state index in [1.54, 1.807) is 6.92 Å². The normalized spacial score (nSPS) is 9.86. The number of unbranched alkanes of at least 4 members (excludes halogenated alkanes) is 2. The van der Waals surface area contributed by atoms with Crippen molar-refractivity contribution in [2.75, 3.05) is 6.61 Å². The number of esters is 1. The van der Waals surface area contributed by atoms with Crippen LogP contribution in [0.15, 0.2) is 0 Å². The van der Waals surface area contributed by atoms with Crippen molar-refractivity contribution in [3.05, 3.63) is 0 Å². The maximum atomic E-state index is 10.9. The van der Waals surface area contributed by atoms with Gasteiger partial charge in [0.25, 0.3) is 0 Å². The lowest BCUT2D eigenvalue weighted by Gasteiger charge is -2.01. The van der Waals surface area contributed by atoms with Crippen molar-refractivity contribution in [1.29, 1.82) is 0 Å². The van der Waals surface area contributed by atoms with Gasteiger partial charge in [-0.2, -0.15) is 0 Å². The zero-order valence-corrected chi connectivity index (χ0v) is 9.17. The minimum atomic E-state index is -0.130. The lowest BCUT2D eigenvalue weighted by Crippen LogP contribution is -2.03. The van der Waals surface area contributed by atoms with E-state index < -0.39 is 0 Å². The largest absolute Gasteiger partial charge is 0.466 e. The highest BCUT2D eigenvalue weighted by molar-refractivity contribution is 5.77. The summed E-state index contributed by atoms with van der Waals surface area (Å²) in [5.41, 5.74) is 0. The van der Waals surface area contributed by atoms with Crippen molar-refractivity contribution in [2.24, 2.45) is 0 Å². The molecule has 0 aromatic rings. The molecule has 0 aliphatic carbocycles. The summed E-state index contributed by atoms with van der Waals surface area (Å²) < 4.78 is 4.78. The van der Waals surface area contributed by atoms with Crippen LogP contribution in [0.2, 0.25) is 0 Å². The molecule has 14 heavy (non-hydrogen) atoms. The van der Waals surface area contributed by atoms with Gasteiger partial charge in [-0.3, -0.25) is 9.59 Å². The fourth-order valence-electron chi connectivity index (χ4n) is 1.18. The highest BCUT2D eigenvalue weighted by atomic mass is 16.5. The number of hydrogen-bond donors (Lipinski definition) is 0. The van der Waals surface area contributed by atoms with Crippen LogP contribution in [-0.2, 0) is 14.3 Å². The average Bonchev–Trinajstić information content (AvgIpc) is 2.17. The van der Waals surface area contributed by atoms with E-state index in [1.165, 1.54) is 0 Å². The second-order valence-electron chi connectivity index (χ2n) is 3.26. The number of ether oxygens (including phenoxy) is 1. The second kappa shape index (κ2) is 8.73. The van der Waals surface area contributed by atoms with Crippen LogP contribution in [0, 0.1) is 0 Å². The Bertz CT molecular complexity index is 175. The molecule has 3 nitrogen and oxygen atoms in total. The lowest BCUT2D eigenvalue weighted by molar-refractivity contribution is -0.143. The van der Waals surface area contributed by atoms with E-state index in [0.717, 1.165) is 19.3 Å². The van der Waals surface area contributed by atoms with E-state index in [0.29, 0.717) is 31.7 Å². The Hall–Kier alpha value is -0.860. The Morgan fingerprint density at radius 1 is 1.00 bits per heavy atom. The molecule has 0 saturated heterocycles. The van der Waals surface area contributed by atoms with E-state index >= 15 is 0 Å². The van der Waals surface area contributed by atoms with Gasteiger partial charge in [0, 0.05) is 19.3 Å². The van der Waals surface area contributed by atoms with Crippen LogP contribution in [0.25, 0.3) is 0 Å². The molecule has 0 aliphatic heterocycles. The molecular formula is C11H20O3. The monoisotopic (exact) mass is 200 g/mol. The number of carbonyl (C=O) groups is 2. The molecule has 0 rings (SSSR count). The van der Waals surface area contributed by atoms with Gasteiger partial charge in [0.1, 0.15) is 5.78 Å². The number of rotatable bonds is 8. The van der Waals surface area contributed by atoms with Gasteiger partial charge in [-0.1, -0.05) is 13.3 Å². The van der Waals surface area contributed by atoms with Crippen molar-refractivity contribution in [3.8, 4) is 0 Å². The summed E-state index contributed by atoms with van der Waals surface area (Å²) in [7, 11) is 0. The van der Waals surface area contributed by atoms with Crippen molar-refractivity contribution >= 4 is 11.8 Å². The SMILES string of the molecule is CCOC(=O)CCCCCC(=O)CC. The Morgan fingerprint density at radius 2 is 1.64 bits per heavy atom. The first-order chi connectivity index (χ1) is 6.70. The van der Waals surface area contributed by atoms with Gasteiger partial charge in [0.05, 0.1) is 6.61 Å². The third kappa shape index (κ3) is 7.77. The highest BCUT2D eigenvalue weighted by Gasteiger charge is 2.02. The standard InChI is InChI=1S/C11H20O3/c1-3-10(12)8-6-5-7-9-11(13)14-4-2/h3-9H2,1-2H3. The third-order valence-electron chi connectivity index (χ3n) is 2.04.